The van der Waals surface area contributed by atoms with Gasteiger partial charge in [0.15, 0.2) is 0 Å². The Balaban J connectivity index is 0.000000200. The monoisotopic (exact) mass is 948 g/mol. The summed E-state index contributed by atoms with van der Waals surface area (Å²) in [5.41, 5.74) is 18.9. The van der Waals surface area contributed by atoms with Crippen molar-refractivity contribution in [3.8, 4) is 33.4 Å². The molecule has 9 aromatic rings. The van der Waals surface area contributed by atoms with Crippen molar-refractivity contribution in [3.05, 3.63) is 233 Å². The number of halogens is 2. The second-order valence-corrected chi connectivity index (χ2v) is 20.0. The first-order valence-corrected chi connectivity index (χ1v) is 23.1. The Bertz CT molecular complexity index is 2840. The molecule has 1 aliphatic rings. The molecule has 0 atom stereocenters. The van der Waals surface area contributed by atoms with Gasteiger partial charge in [-0.3, -0.25) is 0 Å². The Morgan fingerprint density at radius 2 is 0.938 bits per heavy atom. The predicted molar refractivity (Wildman–Crippen MR) is 264 cm³/mol. The molecule has 0 aliphatic heterocycles. The Hall–Kier alpha value is -5.04. The Morgan fingerprint density at radius 3 is 1.42 bits per heavy atom. The van der Waals surface area contributed by atoms with Crippen molar-refractivity contribution >= 4 is 24.8 Å². The summed E-state index contributed by atoms with van der Waals surface area (Å²) in [5.74, 6) is 0. The van der Waals surface area contributed by atoms with Gasteiger partial charge in [-0.1, -0.05) is 124 Å². The van der Waals surface area contributed by atoms with Gasteiger partial charge >= 0.3 is 145 Å². The van der Waals surface area contributed by atoms with Crippen LogP contribution in [0.25, 0.3) is 54.9 Å². The normalized spacial score (nSPS) is 11.5. The van der Waals surface area contributed by atoms with Crippen LogP contribution in [0.4, 0.5) is 0 Å². The fourth-order valence-corrected chi connectivity index (χ4v) is 9.52. The van der Waals surface area contributed by atoms with E-state index in [1.165, 1.54) is 127 Å². The van der Waals surface area contributed by atoms with Gasteiger partial charge in [0.25, 0.3) is 0 Å². The minimum absolute atomic E-state index is 0. The van der Waals surface area contributed by atoms with Gasteiger partial charge in [-0.25, -0.2) is 12.1 Å². The molecule has 0 unspecified atom stereocenters. The first-order chi connectivity index (χ1) is 29.8. The molecule has 0 aromatic heterocycles. The zero-order valence-electron chi connectivity index (χ0n) is 38.3. The van der Waals surface area contributed by atoms with Gasteiger partial charge in [0.05, 0.1) is 0 Å². The van der Waals surface area contributed by atoms with E-state index in [9.17, 15) is 0 Å². The average molecular weight is 951 g/mol. The van der Waals surface area contributed by atoms with Crippen LogP contribution in [0.2, 0.25) is 0 Å². The van der Waals surface area contributed by atoms with Crippen LogP contribution in [0.15, 0.2) is 182 Å². The van der Waals surface area contributed by atoms with Crippen LogP contribution in [-0.4, -0.2) is 3.21 Å². The largest absolute Gasteiger partial charge is 0.214 e. The summed E-state index contributed by atoms with van der Waals surface area (Å²) in [6.45, 7) is 18.4. The van der Waals surface area contributed by atoms with Crippen LogP contribution in [0, 0.1) is 19.9 Å². The first-order valence-electron chi connectivity index (χ1n) is 21.9. The maximum Gasteiger partial charge on any atom is -0.172 e. The Kier molecular flexibility index (Phi) is 15.5. The number of rotatable bonds is 4. The average Bonchev–Trinajstić information content (AvgIpc) is 3.97. The molecule has 0 spiro atoms. The number of hydrogen-bond donors (Lipinski definition) is 0. The summed E-state index contributed by atoms with van der Waals surface area (Å²) >= 11 is 1.44. The van der Waals surface area contributed by atoms with E-state index in [-0.39, 0.29) is 35.6 Å². The fourth-order valence-electron chi connectivity index (χ4n) is 8.75. The van der Waals surface area contributed by atoms with Crippen LogP contribution in [0.3, 0.4) is 0 Å². The van der Waals surface area contributed by atoms with Crippen molar-refractivity contribution in [3.63, 3.8) is 0 Å². The molecule has 0 saturated carbocycles. The van der Waals surface area contributed by atoms with Crippen molar-refractivity contribution < 1.29 is 49.0 Å². The summed E-state index contributed by atoms with van der Waals surface area (Å²) in [6, 6.07) is 69.5. The zero-order valence-corrected chi connectivity index (χ0v) is 42.3. The number of fused-ring (bicyclic) bond motifs is 5. The molecular weight excluding hydrogens is 895 g/mol. The Labute approximate surface area is 409 Å². The number of benzene rings is 8. The molecule has 0 saturated heterocycles. The summed E-state index contributed by atoms with van der Waals surface area (Å²) < 4.78 is 1.41. The standard InChI is InChI=1S/C35H37.C21H14.C5H5.2ClH.Zr/c1-22-13-9-11-15-26(22)30-18-24-17-25-19-31(27-16-12-10-14-23(27)2)33(35(6,7)8)21-29(25)28(24)20-32(30)34(3,4)5;1-3-7-20-14-16(9-11-18(20)5-1)13-17-10-12-19-6-2-4-8-21(19)15-17;1-2-4-5-3-1;;;/h9-16,18,20-21H,17H2,1-8H3;1-12,14-15H;1-5H;2*1H;/q-1;;-1;;;+2/p-2. The minimum Gasteiger partial charge on any atom is -0.214 e. The molecule has 320 valence electrons. The molecular formula is C61H56Cl2Zr-2. The molecule has 0 heterocycles. The van der Waals surface area contributed by atoms with E-state index in [1.54, 1.807) is 0 Å². The smallest absolute Gasteiger partial charge is 0.172 e. The van der Waals surface area contributed by atoms with Crippen molar-refractivity contribution in [1.29, 1.82) is 0 Å². The van der Waals surface area contributed by atoms with E-state index in [2.05, 4.69) is 213 Å². The van der Waals surface area contributed by atoms with Gasteiger partial charge in [0.2, 0.25) is 0 Å². The van der Waals surface area contributed by atoms with Gasteiger partial charge in [0.1, 0.15) is 0 Å². The van der Waals surface area contributed by atoms with Crippen molar-refractivity contribution in [2.45, 2.75) is 72.6 Å². The van der Waals surface area contributed by atoms with E-state index in [0.29, 0.717) is 0 Å². The molecule has 10 rings (SSSR count). The summed E-state index contributed by atoms with van der Waals surface area (Å²) in [6.07, 6.45) is 0.942. The molecule has 0 N–H and O–H groups in total. The third kappa shape index (κ3) is 10.6. The van der Waals surface area contributed by atoms with Gasteiger partial charge in [-0.15, -0.1) is 28.8 Å². The SMILES string of the molecule is Cc1ccccc1-c1[c-]c2c(cc1C(C)(C)C)-c1cc(C(C)(C)C)c(-c3ccccc3C)cc1C2.[Cl-].[Cl-].[Zr+2]=[C](c1ccc2ccccc2c1)c1ccc2ccccc2c1.c1cc[cH-]c1. The molecule has 9 aromatic carbocycles. The maximum atomic E-state index is 3.93. The van der Waals surface area contributed by atoms with Crippen LogP contribution in [0.1, 0.15) is 86.1 Å². The second kappa shape index (κ2) is 20.4. The van der Waals surface area contributed by atoms with E-state index < -0.39 is 0 Å². The number of aryl methyl sites for hydroxylation is 2. The third-order valence-corrected chi connectivity index (χ3v) is 13.6. The zero-order chi connectivity index (χ0) is 43.6. The van der Waals surface area contributed by atoms with Gasteiger partial charge < -0.3 is 24.8 Å². The summed E-state index contributed by atoms with van der Waals surface area (Å²) in [5, 5.41) is 5.21. The summed E-state index contributed by atoms with van der Waals surface area (Å²) in [4.78, 5) is 0. The molecule has 0 fully saturated rings. The van der Waals surface area contributed by atoms with Gasteiger partial charge in [-0.2, -0.15) is 18.2 Å². The molecule has 1 aliphatic carbocycles. The molecule has 0 nitrogen and oxygen atoms in total. The minimum atomic E-state index is 0. The molecule has 0 bridgehead atoms. The van der Waals surface area contributed by atoms with Gasteiger partial charge in [0, 0.05) is 0 Å². The van der Waals surface area contributed by atoms with Crippen LogP contribution in [0.5, 0.6) is 0 Å². The summed E-state index contributed by atoms with van der Waals surface area (Å²) in [7, 11) is 0. The molecule has 0 amide bonds. The van der Waals surface area contributed by atoms with Crippen LogP contribution >= 0.6 is 0 Å². The van der Waals surface area contributed by atoms with E-state index >= 15 is 0 Å². The first kappa shape index (κ1) is 48.4. The predicted octanol–water partition coefficient (Wildman–Crippen LogP) is 10.1. The van der Waals surface area contributed by atoms with Crippen LogP contribution in [-0.2, 0) is 41.5 Å². The van der Waals surface area contributed by atoms with Crippen molar-refractivity contribution in [1.82, 2.24) is 0 Å². The van der Waals surface area contributed by atoms with Crippen molar-refractivity contribution in [2.24, 2.45) is 0 Å². The van der Waals surface area contributed by atoms with E-state index in [1.807, 2.05) is 30.3 Å². The topological polar surface area (TPSA) is 0 Å². The third-order valence-electron chi connectivity index (χ3n) is 12.2. The second-order valence-electron chi connectivity index (χ2n) is 18.8. The molecule has 64 heavy (non-hydrogen) atoms. The molecule has 0 radical (unpaired) electrons. The number of hydrogen-bond acceptors (Lipinski definition) is 0. The van der Waals surface area contributed by atoms with E-state index in [0.717, 1.165) is 6.42 Å². The fraction of sp³-hybridized carbons (Fsp3) is 0.180. The van der Waals surface area contributed by atoms with Crippen LogP contribution < -0.4 is 24.8 Å². The molecule has 3 heteroatoms. The van der Waals surface area contributed by atoms with Gasteiger partial charge in [-0.05, 0) is 58.9 Å². The van der Waals surface area contributed by atoms with E-state index in [4.69, 9.17) is 0 Å². The maximum absolute atomic E-state index is 3.93. The quantitative estimate of drug-likeness (QED) is 0.154. The Morgan fingerprint density at radius 1 is 0.469 bits per heavy atom. The van der Waals surface area contributed by atoms with Crippen molar-refractivity contribution in [2.75, 3.05) is 0 Å².